The summed E-state index contributed by atoms with van der Waals surface area (Å²) < 4.78 is 10.8. The summed E-state index contributed by atoms with van der Waals surface area (Å²) in [6.45, 7) is 6.81. The fraction of sp³-hybridized carbons (Fsp3) is 0.417. The second-order valence-electron chi connectivity index (χ2n) is 13.1. The molecule has 5 rings (SSSR count). The molecule has 1 saturated carbocycles. The van der Waals surface area contributed by atoms with Gasteiger partial charge in [-0.25, -0.2) is 14.6 Å². The molecule has 0 radical (unpaired) electrons. The number of nitrogens with zero attached hydrogens (tertiary/aromatic N) is 3. The van der Waals surface area contributed by atoms with Crippen molar-refractivity contribution in [3.8, 4) is 11.3 Å². The number of nitrogens with one attached hydrogen (secondary N) is 1. The van der Waals surface area contributed by atoms with Crippen LogP contribution in [0.5, 0.6) is 0 Å². The van der Waals surface area contributed by atoms with E-state index in [1.165, 1.54) is 4.90 Å². The van der Waals surface area contributed by atoms with Crippen molar-refractivity contribution < 1.29 is 33.8 Å². The van der Waals surface area contributed by atoms with E-state index in [1.807, 2.05) is 36.4 Å². The van der Waals surface area contributed by atoms with E-state index in [1.54, 1.807) is 63.1 Å². The van der Waals surface area contributed by atoms with Gasteiger partial charge in [0.15, 0.2) is 0 Å². The maximum atomic E-state index is 13.9. The van der Waals surface area contributed by atoms with E-state index in [9.17, 15) is 24.3 Å². The number of ether oxygens (including phenoxy) is 2. The number of carbonyl (C=O) groups excluding carboxylic acids is 3. The summed E-state index contributed by atoms with van der Waals surface area (Å²) in [5.41, 5.74) is 3.21. The fourth-order valence-corrected chi connectivity index (χ4v) is 5.81. The van der Waals surface area contributed by atoms with E-state index in [0.29, 0.717) is 23.8 Å². The molecule has 2 aliphatic rings. The molecular formula is C36H42N4O7. The first-order chi connectivity index (χ1) is 22.4. The number of aromatic nitrogens is 1. The zero-order valence-corrected chi connectivity index (χ0v) is 27.3. The molecule has 0 bridgehead atoms. The predicted molar refractivity (Wildman–Crippen MR) is 175 cm³/mol. The second kappa shape index (κ2) is 14.3. The summed E-state index contributed by atoms with van der Waals surface area (Å²) in [7, 11) is 1.68. The number of piperazine rings is 1. The fourth-order valence-electron chi connectivity index (χ4n) is 5.81. The lowest BCUT2D eigenvalue weighted by atomic mass is 10.0. The zero-order chi connectivity index (χ0) is 33.7. The Bertz CT molecular complexity index is 1600. The van der Waals surface area contributed by atoms with E-state index in [-0.39, 0.29) is 50.1 Å². The average molecular weight is 643 g/mol. The van der Waals surface area contributed by atoms with Gasteiger partial charge in [-0.05, 0) is 74.4 Å². The van der Waals surface area contributed by atoms with Crippen LogP contribution >= 0.6 is 0 Å². The topological polar surface area (TPSA) is 138 Å². The number of amides is 3. The number of carboxylic acid groups (broad SMARTS) is 1. The lowest BCUT2D eigenvalue weighted by Crippen LogP contribution is -2.56. The number of esters is 1. The van der Waals surface area contributed by atoms with Gasteiger partial charge in [0.1, 0.15) is 17.3 Å². The van der Waals surface area contributed by atoms with Gasteiger partial charge >= 0.3 is 12.1 Å². The van der Waals surface area contributed by atoms with Gasteiger partial charge in [-0.1, -0.05) is 42.5 Å². The lowest BCUT2D eigenvalue weighted by Gasteiger charge is -2.35. The molecule has 11 heteroatoms. The van der Waals surface area contributed by atoms with E-state index in [4.69, 9.17) is 14.5 Å². The molecule has 1 aromatic heterocycles. The number of pyridine rings is 1. The Labute approximate surface area is 274 Å². The van der Waals surface area contributed by atoms with Gasteiger partial charge in [-0.2, -0.15) is 0 Å². The highest BCUT2D eigenvalue weighted by atomic mass is 16.6. The maximum Gasteiger partial charge on any atom is 0.407 e. The Kier molecular flexibility index (Phi) is 10.2. The molecule has 3 atom stereocenters. The van der Waals surface area contributed by atoms with Crippen LogP contribution in [0.25, 0.3) is 11.3 Å². The number of hydrogen-bond acceptors (Lipinski definition) is 7. The molecule has 3 amide bonds. The SMILES string of the molecule is COCC1CC1c1cc(C(=O)N[C@@H](Cc2ccc(C(=O)OC(C)(C)C)cc2)C(=O)N2CCN(C(=O)O)CC2)nc(-c2ccccc2)c1. The van der Waals surface area contributed by atoms with Crippen molar-refractivity contribution in [2.24, 2.45) is 5.92 Å². The molecule has 3 aromatic rings. The van der Waals surface area contributed by atoms with Gasteiger partial charge < -0.3 is 29.7 Å². The largest absolute Gasteiger partial charge is 0.465 e. The summed E-state index contributed by atoms with van der Waals surface area (Å²) in [4.78, 5) is 59.4. The molecule has 1 aliphatic carbocycles. The molecule has 2 N–H and O–H groups in total. The Morgan fingerprint density at radius 3 is 2.23 bits per heavy atom. The van der Waals surface area contributed by atoms with Gasteiger partial charge in [-0.3, -0.25) is 9.59 Å². The molecular weight excluding hydrogens is 600 g/mol. The molecule has 1 aliphatic heterocycles. The molecule has 1 saturated heterocycles. The van der Waals surface area contributed by atoms with Crippen molar-refractivity contribution in [2.45, 2.75) is 51.2 Å². The molecule has 2 unspecified atom stereocenters. The molecule has 248 valence electrons. The van der Waals surface area contributed by atoms with Gasteiger partial charge in [0.2, 0.25) is 5.91 Å². The number of methoxy groups -OCH3 is 1. The van der Waals surface area contributed by atoms with Crippen LogP contribution in [-0.2, 0) is 20.7 Å². The average Bonchev–Trinajstić information content (AvgIpc) is 3.83. The molecule has 2 aromatic carbocycles. The number of rotatable bonds is 10. The number of benzene rings is 2. The lowest BCUT2D eigenvalue weighted by molar-refractivity contribution is -0.134. The monoisotopic (exact) mass is 642 g/mol. The van der Waals surface area contributed by atoms with E-state index < -0.39 is 29.6 Å². The highest BCUT2D eigenvalue weighted by molar-refractivity contribution is 5.97. The van der Waals surface area contributed by atoms with Crippen LogP contribution in [-0.4, -0.2) is 95.3 Å². The van der Waals surface area contributed by atoms with Crippen molar-refractivity contribution in [2.75, 3.05) is 39.9 Å². The third-order valence-corrected chi connectivity index (χ3v) is 8.37. The Morgan fingerprint density at radius 1 is 0.957 bits per heavy atom. The third-order valence-electron chi connectivity index (χ3n) is 8.37. The Balaban J connectivity index is 1.40. The van der Waals surface area contributed by atoms with Crippen molar-refractivity contribution >= 4 is 23.9 Å². The summed E-state index contributed by atoms with van der Waals surface area (Å²) in [6.07, 6.45) is 0.0772. The van der Waals surface area contributed by atoms with Gasteiger partial charge in [-0.15, -0.1) is 0 Å². The first-order valence-electron chi connectivity index (χ1n) is 15.9. The van der Waals surface area contributed by atoms with Crippen LogP contribution in [0.1, 0.15) is 65.1 Å². The number of hydrogen-bond donors (Lipinski definition) is 2. The van der Waals surface area contributed by atoms with Crippen molar-refractivity contribution in [1.82, 2.24) is 20.1 Å². The summed E-state index contributed by atoms with van der Waals surface area (Å²) in [5, 5.41) is 12.3. The highest BCUT2D eigenvalue weighted by Crippen LogP contribution is 2.48. The van der Waals surface area contributed by atoms with Crippen molar-refractivity contribution in [3.05, 3.63) is 89.1 Å². The van der Waals surface area contributed by atoms with E-state index >= 15 is 0 Å². The Morgan fingerprint density at radius 2 is 1.62 bits per heavy atom. The normalized spacial score (nSPS) is 18.3. The third kappa shape index (κ3) is 8.74. The first kappa shape index (κ1) is 33.6. The van der Waals surface area contributed by atoms with Crippen LogP contribution in [0.2, 0.25) is 0 Å². The smallest absolute Gasteiger partial charge is 0.407 e. The van der Waals surface area contributed by atoms with Crippen molar-refractivity contribution in [3.63, 3.8) is 0 Å². The second-order valence-corrected chi connectivity index (χ2v) is 13.1. The zero-order valence-electron chi connectivity index (χ0n) is 27.3. The minimum atomic E-state index is -1.03. The van der Waals surface area contributed by atoms with Crippen molar-refractivity contribution in [1.29, 1.82) is 0 Å². The van der Waals surface area contributed by atoms with Crippen LogP contribution < -0.4 is 5.32 Å². The minimum Gasteiger partial charge on any atom is -0.465 e. The molecule has 2 fully saturated rings. The first-order valence-corrected chi connectivity index (χ1v) is 15.9. The maximum absolute atomic E-state index is 13.9. The molecule has 47 heavy (non-hydrogen) atoms. The van der Waals surface area contributed by atoms with Crippen LogP contribution in [0, 0.1) is 5.92 Å². The molecule has 0 spiro atoms. The molecule has 11 nitrogen and oxygen atoms in total. The summed E-state index contributed by atoms with van der Waals surface area (Å²) >= 11 is 0. The standard InChI is InChI=1S/C36H42N4O7/c1-36(2,3)47-34(43)25-12-10-23(11-13-25)18-31(33(42)39-14-16-40(17-15-39)35(44)45)38-32(41)30-21-26(28-19-27(28)22-46-4)20-29(37-30)24-8-6-5-7-9-24/h5-13,20-21,27-28,31H,14-19,22H2,1-4H3,(H,38,41)(H,44,45)/t27?,28?,31-/m0/s1. The van der Waals surface area contributed by atoms with E-state index in [2.05, 4.69) is 5.32 Å². The van der Waals surface area contributed by atoms with Crippen LogP contribution in [0.4, 0.5) is 4.79 Å². The quantitative estimate of drug-likeness (QED) is 0.306. The van der Waals surface area contributed by atoms with Gasteiger partial charge in [0, 0.05) is 51.9 Å². The highest BCUT2D eigenvalue weighted by Gasteiger charge is 2.39. The van der Waals surface area contributed by atoms with Gasteiger partial charge in [0.25, 0.3) is 5.91 Å². The van der Waals surface area contributed by atoms with Gasteiger partial charge in [0.05, 0.1) is 11.3 Å². The minimum absolute atomic E-state index is 0.155. The van der Waals surface area contributed by atoms with E-state index in [0.717, 1.165) is 23.1 Å². The van der Waals surface area contributed by atoms with Crippen LogP contribution in [0.3, 0.4) is 0 Å². The molecule has 2 heterocycles. The Hall–Kier alpha value is -4.77. The predicted octanol–water partition coefficient (Wildman–Crippen LogP) is 4.62. The van der Waals surface area contributed by atoms with Crippen LogP contribution in [0.15, 0.2) is 66.7 Å². The summed E-state index contributed by atoms with van der Waals surface area (Å²) in [5.74, 6) is -0.644. The number of carbonyl (C=O) groups is 4. The summed E-state index contributed by atoms with van der Waals surface area (Å²) in [6, 6.07) is 19.3.